The van der Waals surface area contributed by atoms with Gasteiger partial charge in [-0.05, 0) is 35.9 Å². The van der Waals surface area contributed by atoms with Crippen LogP contribution in [0, 0.1) is 6.20 Å². The number of hydrogen-bond donors (Lipinski definition) is 0. The zero-order chi connectivity index (χ0) is 12.9. The van der Waals surface area contributed by atoms with Gasteiger partial charge in [0.15, 0.2) is 0 Å². The molecule has 2 aromatic carbocycles. The Kier molecular flexibility index (Phi) is 3.24. The summed E-state index contributed by atoms with van der Waals surface area (Å²) in [6.07, 6.45) is 4.68. The highest BCUT2D eigenvalue weighted by atomic mass is 16.5. The third-order valence-corrected chi connectivity index (χ3v) is 2.75. The molecular formula is C17H12NO. The predicted octanol–water partition coefficient (Wildman–Crippen LogP) is 4.34. The lowest BCUT2D eigenvalue weighted by Crippen LogP contribution is -1.84. The van der Waals surface area contributed by atoms with E-state index < -0.39 is 0 Å². The van der Waals surface area contributed by atoms with Gasteiger partial charge in [0.25, 0.3) is 0 Å². The van der Waals surface area contributed by atoms with Crippen LogP contribution in [0.5, 0.6) is 11.5 Å². The lowest BCUT2D eigenvalue weighted by molar-refractivity contribution is 0.483. The first-order valence-corrected chi connectivity index (χ1v) is 6.08. The van der Waals surface area contributed by atoms with Gasteiger partial charge in [0.1, 0.15) is 11.5 Å². The zero-order valence-electron chi connectivity index (χ0n) is 10.3. The first-order valence-electron chi connectivity index (χ1n) is 6.08. The summed E-state index contributed by atoms with van der Waals surface area (Å²) in [6, 6.07) is 21.5. The average molecular weight is 246 g/mol. The van der Waals surface area contributed by atoms with Crippen molar-refractivity contribution in [2.24, 2.45) is 0 Å². The number of rotatable bonds is 3. The molecule has 0 amide bonds. The summed E-state index contributed by atoms with van der Waals surface area (Å²) in [5, 5.41) is 0. The first kappa shape index (κ1) is 11.5. The molecule has 91 valence electrons. The molecule has 1 aromatic heterocycles. The molecule has 2 nitrogen and oxygen atoms in total. The highest BCUT2D eigenvalue weighted by Gasteiger charge is 1.99. The van der Waals surface area contributed by atoms with Crippen molar-refractivity contribution in [3.63, 3.8) is 0 Å². The quantitative estimate of drug-likeness (QED) is 0.685. The zero-order valence-corrected chi connectivity index (χ0v) is 10.3. The molecule has 3 aromatic rings. The Morgan fingerprint density at radius 2 is 1.47 bits per heavy atom. The van der Waals surface area contributed by atoms with E-state index >= 15 is 0 Å². The van der Waals surface area contributed by atoms with Gasteiger partial charge < -0.3 is 4.74 Å². The fourth-order valence-corrected chi connectivity index (χ4v) is 1.81. The van der Waals surface area contributed by atoms with Gasteiger partial charge in [-0.25, -0.2) is 0 Å². The van der Waals surface area contributed by atoms with Gasteiger partial charge in [0.2, 0.25) is 0 Å². The van der Waals surface area contributed by atoms with E-state index in [9.17, 15) is 0 Å². The number of pyridine rings is 1. The molecule has 1 heterocycles. The number of benzene rings is 2. The molecule has 0 unspecified atom stereocenters. The van der Waals surface area contributed by atoms with E-state index in [4.69, 9.17) is 4.74 Å². The molecule has 19 heavy (non-hydrogen) atoms. The number of nitrogens with zero attached hydrogens (tertiary/aromatic N) is 1. The van der Waals surface area contributed by atoms with E-state index in [1.165, 1.54) is 0 Å². The Hall–Kier alpha value is -2.61. The van der Waals surface area contributed by atoms with Gasteiger partial charge in [-0.3, -0.25) is 4.98 Å². The van der Waals surface area contributed by atoms with E-state index in [0.29, 0.717) is 0 Å². The molecule has 3 rings (SSSR count). The Morgan fingerprint density at radius 3 is 2.16 bits per heavy atom. The van der Waals surface area contributed by atoms with E-state index in [2.05, 4.69) is 11.2 Å². The van der Waals surface area contributed by atoms with Crippen LogP contribution < -0.4 is 4.74 Å². The maximum Gasteiger partial charge on any atom is 0.127 e. The van der Waals surface area contributed by atoms with Gasteiger partial charge in [-0.2, -0.15) is 0 Å². The van der Waals surface area contributed by atoms with Crippen LogP contribution >= 0.6 is 0 Å². The Morgan fingerprint density at radius 1 is 0.737 bits per heavy atom. The predicted molar refractivity (Wildman–Crippen MR) is 75.0 cm³/mol. The van der Waals surface area contributed by atoms with Crippen LogP contribution in [0.1, 0.15) is 0 Å². The fraction of sp³-hybridized carbons (Fsp3) is 0. The minimum Gasteiger partial charge on any atom is -0.457 e. The van der Waals surface area contributed by atoms with E-state index in [-0.39, 0.29) is 0 Å². The van der Waals surface area contributed by atoms with E-state index in [1.807, 2.05) is 66.7 Å². The topological polar surface area (TPSA) is 22.1 Å². The fourth-order valence-electron chi connectivity index (χ4n) is 1.81. The van der Waals surface area contributed by atoms with Crippen LogP contribution in [-0.4, -0.2) is 4.98 Å². The molecule has 0 bridgehead atoms. The van der Waals surface area contributed by atoms with Gasteiger partial charge in [0, 0.05) is 11.8 Å². The molecule has 0 aliphatic carbocycles. The number of ether oxygens (including phenoxy) is 1. The van der Waals surface area contributed by atoms with Crippen molar-refractivity contribution < 1.29 is 4.74 Å². The standard InChI is InChI=1S/C17H12NO/c1-2-6-16(7-3-1)19-17-10-8-14(9-11-17)15-5-4-12-18-13-15/h1-12H. The molecular weight excluding hydrogens is 234 g/mol. The van der Waals surface area contributed by atoms with Gasteiger partial charge in [-0.1, -0.05) is 36.4 Å². The SMILES string of the molecule is [c]1ncccc1-c1ccc(Oc2ccccc2)cc1. The number of para-hydroxylation sites is 1. The van der Waals surface area contributed by atoms with Crippen LogP contribution in [0.3, 0.4) is 0 Å². The van der Waals surface area contributed by atoms with Crippen molar-refractivity contribution >= 4 is 0 Å². The highest BCUT2D eigenvalue weighted by Crippen LogP contribution is 2.24. The van der Waals surface area contributed by atoms with Crippen molar-refractivity contribution in [2.45, 2.75) is 0 Å². The summed E-state index contributed by atoms with van der Waals surface area (Å²) in [7, 11) is 0. The highest BCUT2D eigenvalue weighted by molar-refractivity contribution is 5.62. The van der Waals surface area contributed by atoms with Gasteiger partial charge in [-0.15, -0.1) is 0 Å². The van der Waals surface area contributed by atoms with Crippen LogP contribution in [0.25, 0.3) is 11.1 Å². The van der Waals surface area contributed by atoms with Crippen LogP contribution in [-0.2, 0) is 0 Å². The van der Waals surface area contributed by atoms with Gasteiger partial charge in [0.05, 0.1) is 6.20 Å². The Bertz CT molecular complexity index is 633. The largest absolute Gasteiger partial charge is 0.457 e. The monoisotopic (exact) mass is 246 g/mol. The summed E-state index contributed by atoms with van der Waals surface area (Å²) in [5.74, 6) is 1.65. The second-order valence-corrected chi connectivity index (χ2v) is 4.10. The molecule has 2 heteroatoms. The van der Waals surface area contributed by atoms with Gasteiger partial charge >= 0.3 is 0 Å². The summed E-state index contributed by atoms with van der Waals surface area (Å²) in [4.78, 5) is 3.99. The molecule has 0 aliphatic heterocycles. The second-order valence-electron chi connectivity index (χ2n) is 4.10. The van der Waals surface area contributed by atoms with Crippen LogP contribution in [0.15, 0.2) is 72.9 Å². The number of aromatic nitrogens is 1. The molecule has 0 fully saturated rings. The van der Waals surface area contributed by atoms with E-state index in [0.717, 1.165) is 22.6 Å². The lowest BCUT2D eigenvalue weighted by Gasteiger charge is -2.06. The Labute approximate surface area is 112 Å². The minimum atomic E-state index is 0.818. The minimum absolute atomic E-state index is 0.818. The maximum absolute atomic E-state index is 5.74. The summed E-state index contributed by atoms with van der Waals surface area (Å²) in [5.41, 5.74) is 2.06. The normalized spacial score (nSPS) is 10.1. The van der Waals surface area contributed by atoms with E-state index in [1.54, 1.807) is 6.20 Å². The first-order chi connectivity index (χ1) is 9.42. The van der Waals surface area contributed by atoms with Crippen molar-refractivity contribution in [2.75, 3.05) is 0 Å². The van der Waals surface area contributed by atoms with Crippen LogP contribution in [0.4, 0.5) is 0 Å². The lowest BCUT2D eigenvalue weighted by atomic mass is 10.1. The summed E-state index contributed by atoms with van der Waals surface area (Å²) >= 11 is 0. The molecule has 1 radical (unpaired) electrons. The molecule has 0 spiro atoms. The Balaban J connectivity index is 1.80. The third kappa shape index (κ3) is 2.80. The van der Waals surface area contributed by atoms with Crippen molar-refractivity contribution in [1.82, 2.24) is 4.98 Å². The van der Waals surface area contributed by atoms with Crippen molar-refractivity contribution in [3.05, 3.63) is 79.1 Å². The molecule has 0 aliphatic rings. The smallest absolute Gasteiger partial charge is 0.127 e. The number of hydrogen-bond acceptors (Lipinski definition) is 2. The van der Waals surface area contributed by atoms with Crippen molar-refractivity contribution in [3.8, 4) is 22.6 Å². The maximum atomic E-state index is 5.74. The molecule has 0 N–H and O–H groups in total. The molecule has 0 saturated carbocycles. The second kappa shape index (κ2) is 5.36. The third-order valence-electron chi connectivity index (χ3n) is 2.75. The van der Waals surface area contributed by atoms with Crippen LogP contribution in [0.2, 0.25) is 0 Å². The summed E-state index contributed by atoms with van der Waals surface area (Å²) in [6.45, 7) is 0. The molecule has 0 atom stereocenters. The molecule has 0 saturated heterocycles. The summed E-state index contributed by atoms with van der Waals surface area (Å²) < 4.78 is 5.74. The van der Waals surface area contributed by atoms with Crippen molar-refractivity contribution in [1.29, 1.82) is 0 Å². The average Bonchev–Trinajstić information content (AvgIpc) is 2.50.